The number of rotatable bonds is 5. The van der Waals surface area contributed by atoms with E-state index in [1.54, 1.807) is 6.20 Å². The molecule has 0 unspecified atom stereocenters. The van der Waals surface area contributed by atoms with Crippen LogP contribution in [-0.2, 0) is 16.1 Å². The molecule has 1 aliphatic heterocycles. The molecular weight excluding hydrogens is 280 g/mol. The highest BCUT2D eigenvalue weighted by atomic mass is 35.5. The molecule has 7 heteroatoms. The first-order valence-corrected chi connectivity index (χ1v) is 6.77. The fourth-order valence-corrected chi connectivity index (χ4v) is 2.24. The van der Waals surface area contributed by atoms with Gasteiger partial charge in [0.25, 0.3) is 5.91 Å². The Bertz CT molecular complexity index is 436. The molecule has 0 aromatic carbocycles. The minimum Gasteiger partial charge on any atom is -0.364 e. The van der Waals surface area contributed by atoms with Crippen molar-refractivity contribution in [1.82, 2.24) is 9.55 Å². The van der Waals surface area contributed by atoms with E-state index in [2.05, 4.69) is 24.1 Å². The maximum absolute atomic E-state index is 12.1. The second-order valence-corrected chi connectivity index (χ2v) is 5.35. The van der Waals surface area contributed by atoms with Gasteiger partial charge in [0.1, 0.15) is 6.10 Å². The highest BCUT2D eigenvalue weighted by molar-refractivity contribution is 5.92. The molecule has 2 atom stereocenters. The lowest BCUT2D eigenvalue weighted by atomic mass is 10.2. The Kier molecular flexibility index (Phi) is 6.45. The smallest absolute Gasteiger partial charge is 0.255 e. The predicted molar refractivity (Wildman–Crippen MR) is 79.9 cm³/mol. The van der Waals surface area contributed by atoms with Gasteiger partial charge in [0.15, 0.2) is 0 Å². The number of halogens is 1. The Labute approximate surface area is 125 Å². The summed E-state index contributed by atoms with van der Waals surface area (Å²) in [7, 11) is 0. The van der Waals surface area contributed by atoms with E-state index in [4.69, 9.17) is 10.5 Å². The summed E-state index contributed by atoms with van der Waals surface area (Å²) in [6, 6.07) is 0. The lowest BCUT2D eigenvalue weighted by molar-refractivity contribution is -0.126. The Morgan fingerprint density at radius 1 is 1.60 bits per heavy atom. The first kappa shape index (κ1) is 16.9. The molecular formula is C13H23ClN4O2. The summed E-state index contributed by atoms with van der Waals surface area (Å²) in [5.41, 5.74) is 5.54. The van der Waals surface area contributed by atoms with Gasteiger partial charge >= 0.3 is 0 Å². The van der Waals surface area contributed by atoms with Gasteiger partial charge in [-0.2, -0.15) is 0 Å². The second-order valence-electron chi connectivity index (χ2n) is 5.35. The van der Waals surface area contributed by atoms with E-state index >= 15 is 0 Å². The van der Waals surface area contributed by atoms with Crippen molar-refractivity contribution >= 4 is 24.3 Å². The van der Waals surface area contributed by atoms with E-state index in [-0.39, 0.29) is 24.4 Å². The van der Waals surface area contributed by atoms with E-state index in [0.29, 0.717) is 18.4 Å². The molecule has 0 saturated carbocycles. The zero-order valence-corrected chi connectivity index (χ0v) is 12.7. The van der Waals surface area contributed by atoms with Gasteiger partial charge in [-0.3, -0.25) is 10.1 Å². The van der Waals surface area contributed by atoms with Gasteiger partial charge in [0, 0.05) is 25.5 Å². The largest absolute Gasteiger partial charge is 0.364 e. The Morgan fingerprint density at radius 2 is 2.35 bits per heavy atom. The summed E-state index contributed by atoms with van der Waals surface area (Å²) in [6.45, 7) is 5.54. The summed E-state index contributed by atoms with van der Waals surface area (Å²) in [5.74, 6) is 0.944. The molecule has 6 nitrogen and oxygen atoms in total. The lowest BCUT2D eigenvalue weighted by Gasteiger charge is -2.14. The number of ether oxygens (including phenoxy) is 1. The van der Waals surface area contributed by atoms with Crippen LogP contribution in [0.15, 0.2) is 12.4 Å². The Morgan fingerprint density at radius 3 is 2.95 bits per heavy atom. The third-order valence-electron chi connectivity index (χ3n) is 3.18. The number of carbonyl (C=O) groups excluding carboxylic acids is 1. The minimum absolute atomic E-state index is 0. The first-order chi connectivity index (χ1) is 9.10. The summed E-state index contributed by atoms with van der Waals surface area (Å²) in [5, 5.41) is 2.83. The van der Waals surface area contributed by atoms with Crippen molar-refractivity contribution in [3.63, 3.8) is 0 Å². The van der Waals surface area contributed by atoms with Gasteiger partial charge in [-0.1, -0.05) is 13.8 Å². The number of nitrogens with zero attached hydrogens (tertiary/aromatic N) is 2. The average molecular weight is 303 g/mol. The predicted octanol–water partition coefficient (Wildman–Crippen LogP) is 1.41. The maximum atomic E-state index is 12.1. The van der Waals surface area contributed by atoms with Gasteiger partial charge in [-0.15, -0.1) is 12.4 Å². The summed E-state index contributed by atoms with van der Waals surface area (Å²) in [6.07, 6.45) is 4.72. The fraction of sp³-hybridized carbons (Fsp3) is 0.692. The Hall–Kier alpha value is -1.11. The highest BCUT2D eigenvalue weighted by Gasteiger charge is 2.30. The van der Waals surface area contributed by atoms with E-state index in [0.717, 1.165) is 19.4 Å². The van der Waals surface area contributed by atoms with Crippen molar-refractivity contribution < 1.29 is 9.53 Å². The molecule has 1 aromatic rings. The molecule has 0 aliphatic carbocycles. The third kappa shape index (κ3) is 4.19. The van der Waals surface area contributed by atoms with Crippen LogP contribution in [0, 0.1) is 5.92 Å². The molecule has 1 aromatic heterocycles. The number of nitrogens with one attached hydrogen (secondary N) is 1. The molecule has 2 heterocycles. The van der Waals surface area contributed by atoms with Gasteiger partial charge in [-0.05, 0) is 18.8 Å². The van der Waals surface area contributed by atoms with E-state index < -0.39 is 6.10 Å². The van der Waals surface area contributed by atoms with E-state index in [9.17, 15) is 4.79 Å². The summed E-state index contributed by atoms with van der Waals surface area (Å²) in [4.78, 5) is 16.3. The van der Waals surface area contributed by atoms with Crippen LogP contribution >= 0.6 is 12.4 Å². The number of nitrogens with two attached hydrogens (primary N) is 1. The Balaban J connectivity index is 0.00000200. The first-order valence-electron chi connectivity index (χ1n) is 6.77. The zero-order valence-electron chi connectivity index (χ0n) is 11.9. The second kappa shape index (κ2) is 7.61. The molecule has 3 N–H and O–H groups in total. The topological polar surface area (TPSA) is 82.2 Å². The molecule has 20 heavy (non-hydrogen) atoms. The SMILES string of the molecule is CC(C)Cn1ccnc1NC(=O)[C@@H]1CC[C@H](CN)O1.Cl. The standard InChI is InChI=1S/C13H22N4O2.ClH/c1-9(2)8-17-6-5-15-13(17)16-12(18)11-4-3-10(7-14)19-11;/h5-6,9-11H,3-4,7-8,14H2,1-2H3,(H,15,16,18);1H/t10-,11+;/m1./s1. The van der Waals surface area contributed by atoms with Crippen molar-refractivity contribution in [2.24, 2.45) is 11.7 Å². The summed E-state index contributed by atoms with van der Waals surface area (Å²) >= 11 is 0. The number of anilines is 1. The number of carbonyl (C=O) groups is 1. The quantitative estimate of drug-likeness (QED) is 0.861. The van der Waals surface area contributed by atoms with Crippen LogP contribution in [0.4, 0.5) is 5.95 Å². The third-order valence-corrected chi connectivity index (χ3v) is 3.18. The maximum Gasteiger partial charge on any atom is 0.255 e. The van der Waals surface area contributed by atoms with E-state index in [1.807, 2.05) is 10.8 Å². The monoisotopic (exact) mass is 302 g/mol. The normalized spacial score (nSPS) is 21.8. The van der Waals surface area contributed by atoms with Gasteiger partial charge < -0.3 is 15.0 Å². The summed E-state index contributed by atoms with van der Waals surface area (Å²) < 4.78 is 7.51. The van der Waals surface area contributed by atoms with Crippen LogP contribution in [0.1, 0.15) is 26.7 Å². The fourth-order valence-electron chi connectivity index (χ4n) is 2.24. The van der Waals surface area contributed by atoms with Crippen molar-refractivity contribution in [2.45, 2.75) is 45.4 Å². The minimum atomic E-state index is -0.405. The molecule has 0 radical (unpaired) electrons. The van der Waals surface area contributed by atoms with Crippen LogP contribution in [-0.4, -0.2) is 34.2 Å². The van der Waals surface area contributed by atoms with E-state index in [1.165, 1.54) is 0 Å². The molecule has 0 spiro atoms. The number of imidazole rings is 1. The van der Waals surface area contributed by atoms with Crippen LogP contribution in [0.3, 0.4) is 0 Å². The number of aromatic nitrogens is 2. The molecule has 1 fully saturated rings. The number of amides is 1. The van der Waals surface area contributed by atoms with Crippen LogP contribution in [0.5, 0.6) is 0 Å². The van der Waals surface area contributed by atoms with Gasteiger partial charge in [0.2, 0.25) is 5.95 Å². The van der Waals surface area contributed by atoms with Crippen molar-refractivity contribution in [3.8, 4) is 0 Å². The average Bonchev–Trinajstić information content (AvgIpc) is 2.98. The van der Waals surface area contributed by atoms with Crippen molar-refractivity contribution in [3.05, 3.63) is 12.4 Å². The number of hydrogen-bond donors (Lipinski definition) is 2. The molecule has 0 bridgehead atoms. The van der Waals surface area contributed by atoms with Crippen molar-refractivity contribution in [1.29, 1.82) is 0 Å². The van der Waals surface area contributed by atoms with Crippen LogP contribution in [0.2, 0.25) is 0 Å². The van der Waals surface area contributed by atoms with Crippen LogP contribution < -0.4 is 11.1 Å². The van der Waals surface area contributed by atoms with Gasteiger partial charge in [0.05, 0.1) is 6.10 Å². The molecule has 1 aliphatic rings. The molecule has 1 saturated heterocycles. The van der Waals surface area contributed by atoms with Crippen LogP contribution in [0.25, 0.3) is 0 Å². The molecule has 1 amide bonds. The number of hydrogen-bond acceptors (Lipinski definition) is 4. The van der Waals surface area contributed by atoms with Crippen molar-refractivity contribution in [2.75, 3.05) is 11.9 Å². The van der Waals surface area contributed by atoms with Gasteiger partial charge in [-0.25, -0.2) is 4.98 Å². The molecule has 114 valence electrons. The zero-order chi connectivity index (χ0) is 13.8. The highest BCUT2D eigenvalue weighted by Crippen LogP contribution is 2.20. The lowest BCUT2D eigenvalue weighted by Crippen LogP contribution is -2.30. The molecule has 2 rings (SSSR count).